The van der Waals surface area contributed by atoms with Crippen molar-refractivity contribution in [2.75, 3.05) is 13.1 Å². The molecule has 0 aliphatic carbocycles. The Morgan fingerprint density at radius 2 is 2.14 bits per heavy atom. The van der Waals surface area contributed by atoms with Crippen LogP contribution in [0, 0.1) is 5.92 Å². The number of nitrogens with one attached hydrogen (secondary N) is 1. The number of piperidine rings is 3. The molecule has 1 amide bonds. The summed E-state index contributed by atoms with van der Waals surface area (Å²) in [6.45, 7) is 4.60. The monoisotopic (exact) mass is 316 g/mol. The van der Waals surface area contributed by atoms with Gasteiger partial charge in [0.25, 0.3) is 5.91 Å². The highest BCUT2D eigenvalue weighted by Gasteiger charge is 2.40. The zero-order chi connectivity index (χ0) is 15.1. The van der Waals surface area contributed by atoms with Crippen molar-refractivity contribution in [3.05, 3.63) is 35.6 Å². The molecule has 0 saturated carbocycles. The van der Waals surface area contributed by atoms with Gasteiger partial charge >= 0.3 is 0 Å². The van der Waals surface area contributed by atoms with Gasteiger partial charge < -0.3 is 9.73 Å². The number of carbonyl (C=O) groups excluding carboxylic acids is 1. The minimum Gasteiger partial charge on any atom is -0.472 e. The summed E-state index contributed by atoms with van der Waals surface area (Å²) in [6.07, 6.45) is 5.78. The normalized spacial score (nSPS) is 30.4. The lowest BCUT2D eigenvalue weighted by atomic mass is 9.79. The first-order valence-corrected chi connectivity index (χ1v) is 8.71. The summed E-state index contributed by atoms with van der Waals surface area (Å²) < 4.78 is 5.11. The molecule has 3 aliphatic rings. The number of hydrogen-bond acceptors (Lipinski definition) is 4. The van der Waals surface area contributed by atoms with E-state index in [0.717, 1.165) is 15.3 Å². The molecule has 0 radical (unpaired) electrons. The van der Waals surface area contributed by atoms with E-state index in [0.29, 0.717) is 12.0 Å². The SMILES string of the molecule is CC1C(NC(=O)c2ccc(-c3ccoc3)s2)C2CCN1CC2. The van der Waals surface area contributed by atoms with E-state index in [-0.39, 0.29) is 11.9 Å². The second kappa shape index (κ2) is 5.56. The quantitative estimate of drug-likeness (QED) is 0.945. The summed E-state index contributed by atoms with van der Waals surface area (Å²) in [4.78, 5) is 16.9. The summed E-state index contributed by atoms with van der Waals surface area (Å²) >= 11 is 1.52. The van der Waals surface area contributed by atoms with Crippen LogP contribution in [-0.4, -0.2) is 36.0 Å². The molecule has 4 nitrogen and oxygen atoms in total. The molecule has 5 heterocycles. The maximum atomic E-state index is 12.6. The van der Waals surface area contributed by atoms with Gasteiger partial charge in [-0.05, 0) is 57.0 Å². The van der Waals surface area contributed by atoms with Crippen LogP contribution in [0.15, 0.2) is 35.1 Å². The third-order valence-electron chi connectivity index (χ3n) is 5.11. The Labute approximate surface area is 134 Å². The molecule has 2 aromatic heterocycles. The third kappa shape index (κ3) is 2.38. The molecule has 5 heteroatoms. The van der Waals surface area contributed by atoms with Gasteiger partial charge in [-0.2, -0.15) is 0 Å². The highest BCUT2D eigenvalue weighted by atomic mass is 32.1. The van der Waals surface area contributed by atoms with Crippen molar-refractivity contribution < 1.29 is 9.21 Å². The van der Waals surface area contributed by atoms with Crippen molar-refractivity contribution in [3.8, 4) is 10.4 Å². The van der Waals surface area contributed by atoms with Gasteiger partial charge in [0.05, 0.1) is 17.4 Å². The number of nitrogens with zero attached hydrogens (tertiary/aromatic N) is 1. The predicted molar refractivity (Wildman–Crippen MR) is 87.0 cm³/mol. The summed E-state index contributed by atoms with van der Waals surface area (Å²) in [6, 6.07) is 6.56. The summed E-state index contributed by atoms with van der Waals surface area (Å²) in [7, 11) is 0. The molecular formula is C17H20N2O2S. The summed E-state index contributed by atoms with van der Waals surface area (Å²) in [5.41, 5.74) is 1.03. The van der Waals surface area contributed by atoms with Crippen LogP contribution in [0.1, 0.15) is 29.4 Å². The number of furan rings is 1. The molecule has 3 aliphatic heterocycles. The van der Waals surface area contributed by atoms with E-state index in [1.165, 1.54) is 37.3 Å². The van der Waals surface area contributed by atoms with E-state index >= 15 is 0 Å². The van der Waals surface area contributed by atoms with Crippen LogP contribution in [-0.2, 0) is 0 Å². The van der Waals surface area contributed by atoms with Crippen molar-refractivity contribution in [3.63, 3.8) is 0 Å². The maximum absolute atomic E-state index is 12.6. The Bertz CT molecular complexity index is 654. The number of carbonyl (C=O) groups is 1. The Kier molecular flexibility index (Phi) is 3.54. The van der Waals surface area contributed by atoms with Crippen molar-refractivity contribution >= 4 is 17.2 Å². The van der Waals surface area contributed by atoms with Gasteiger partial charge in [0.1, 0.15) is 0 Å². The van der Waals surface area contributed by atoms with Crippen LogP contribution >= 0.6 is 11.3 Å². The Morgan fingerprint density at radius 1 is 1.32 bits per heavy atom. The first-order valence-electron chi connectivity index (χ1n) is 7.89. The first-order chi connectivity index (χ1) is 10.7. The summed E-state index contributed by atoms with van der Waals surface area (Å²) in [5, 5.41) is 3.28. The molecule has 0 spiro atoms. The Hall–Kier alpha value is -1.59. The standard InChI is InChI=1S/C17H20N2O2S/c1-11-16(12-4-7-19(11)8-5-12)18-17(20)15-3-2-14(22-15)13-6-9-21-10-13/h2-3,6,9-12,16H,4-5,7-8H2,1H3,(H,18,20). The number of thiophene rings is 1. The molecule has 3 fully saturated rings. The molecule has 22 heavy (non-hydrogen) atoms. The molecule has 5 rings (SSSR count). The van der Waals surface area contributed by atoms with Crippen LogP contribution in [0.4, 0.5) is 0 Å². The number of hydrogen-bond donors (Lipinski definition) is 1. The van der Waals surface area contributed by atoms with Crippen LogP contribution in [0.3, 0.4) is 0 Å². The fourth-order valence-electron chi connectivity index (χ4n) is 3.79. The smallest absolute Gasteiger partial charge is 0.261 e. The predicted octanol–water partition coefficient (Wildman–Crippen LogP) is 3.22. The molecule has 2 unspecified atom stereocenters. The first kappa shape index (κ1) is 14.0. The average Bonchev–Trinajstić information content (AvgIpc) is 3.21. The van der Waals surface area contributed by atoms with Crippen molar-refractivity contribution in [2.45, 2.75) is 31.8 Å². The lowest BCUT2D eigenvalue weighted by Gasteiger charge is -2.49. The van der Waals surface area contributed by atoms with Gasteiger partial charge in [-0.15, -0.1) is 11.3 Å². The van der Waals surface area contributed by atoms with E-state index in [2.05, 4.69) is 17.1 Å². The third-order valence-corrected chi connectivity index (χ3v) is 6.24. The highest BCUT2D eigenvalue weighted by Crippen LogP contribution is 2.33. The van der Waals surface area contributed by atoms with Crippen LogP contribution in [0.25, 0.3) is 10.4 Å². The second-order valence-corrected chi connectivity index (χ2v) is 7.37. The lowest BCUT2D eigenvalue weighted by molar-refractivity contribution is 0.0218. The number of amides is 1. The maximum Gasteiger partial charge on any atom is 0.261 e. The molecule has 0 aromatic carbocycles. The lowest BCUT2D eigenvalue weighted by Crippen LogP contribution is -2.62. The van der Waals surface area contributed by atoms with Gasteiger partial charge in [-0.1, -0.05) is 0 Å². The van der Waals surface area contributed by atoms with E-state index in [4.69, 9.17) is 4.42 Å². The van der Waals surface area contributed by atoms with Crippen LogP contribution < -0.4 is 5.32 Å². The van der Waals surface area contributed by atoms with Gasteiger partial charge in [-0.3, -0.25) is 9.69 Å². The molecule has 2 atom stereocenters. The minimum atomic E-state index is 0.0605. The van der Waals surface area contributed by atoms with Crippen molar-refractivity contribution in [1.82, 2.24) is 10.2 Å². The van der Waals surface area contributed by atoms with Crippen molar-refractivity contribution in [2.24, 2.45) is 5.92 Å². The number of fused-ring (bicyclic) bond motifs is 3. The largest absolute Gasteiger partial charge is 0.472 e. The summed E-state index contributed by atoms with van der Waals surface area (Å²) in [5.74, 6) is 0.697. The highest BCUT2D eigenvalue weighted by molar-refractivity contribution is 7.17. The Morgan fingerprint density at radius 3 is 2.82 bits per heavy atom. The van der Waals surface area contributed by atoms with E-state index < -0.39 is 0 Å². The fourth-order valence-corrected chi connectivity index (χ4v) is 4.68. The molecule has 1 N–H and O–H groups in total. The van der Waals surface area contributed by atoms with E-state index in [9.17, 15) is 4.79 Å². The van der Waals surface area contributed by atoms with E-state index in [1.807, 2.05) is 18.2 Å². The number of rotatable bonds is 3. The van der Waals surface area contributed by atoms with Crippen LogP contribution in [0.5, 0.6) is 0 Å². The molecule has 116 valence electrons. The minimum absolute atomic E-state index is 0.0605. The van der Waals surface area contributed by atoms with E-state index in [1.54, 1.807) is 12.5 Å². The molecular weight excluding hydrogens is 296 g/mol. The van der Waals surface area contributed by atoms with Gasteiger partial charge in [-0.25, -0.2) is 0 Å². The van der Waals surface area contributed by atoms with Gasteiger partial charge in [0.15, 0.2) is 0 Å². The topological polar surface area (TPSA) is 45.5 Å². The zero-order valence-electron chi connectivity index (χ0n) is 12.6. The fraction of sp³-hybridized carbons (Fsp3) is 0.471. The van der Waals surface area contributed by atoms with Crippen LogP contribution in [0.2, 0.25) is 0 Å². The molecule has 3 saturated heterocycles. The average molecular weight is 316 g/mol. The van der Waals surface area contributed by atoms with Crippen molar-refractivity contribution in [1.29, 1.82) is 0 Å². The van der Waals surface area contributed by atoms with Gasteiger partial charge in [0, 0.05) is 22.5 Å². The van der Waals surface area contributed by atoms with Gasteiger partial charge in [0.2, 0.25) is 0 Å². The molecule has 2 aromatic rings. The second-order valence-electron chi connectivity index (χ2n) is 6.29. The molecule has 2 bridgehead atoms. The Balaban J connectivity index is 1.48. The zero-order valence-corrected chi connectivity index (χ0v) is 13.4.